The zero-order valence-corrected chi connectivity index (χ0v) is 13.4. The van der Waals surface area contributed by atoms with E-state index in [4.69, 9.17) is 9.26 Å². The highest BCUT2D eigenvalue weighted by molar-refractivity contribution is 7.13. The fourth-order valence-corrected chi connectivity index (χ4v) is 2.86. The minimum absolute atomic E-state index is 0.205. The van der Waals surface area contributed by atoms with E-state index in [1.165, 1.54) is 11.3 Å². The van der Waals surface area contributed by atoms with Gasteiger partial charge in [-0.3, -0.25) is 4.79 Å². The number of aromatic nitrogens is 1. The predicted octanol–water partition coefficient (Wildman–Crippen LogP) is 3.52. The number of carbonyl (C=O) groups excluding carboxylic acids is 1. The third-order valence-corrected chi connectivity index (χ3v) is 4.10. The normalized spacial score (nSPS) is 10.5. The molecule has 0 fully saturated rings. The lowest BCUT2D eigenvalue weighted by molar-refractivity contribution is 0.0946. The molecule has 23 heavy (non-hydrogen) atoms. The van der Waals surface area contributed by atoms with Crippen molar-refractivity contribution >= 4 is 17.2 Å². The maximum Gasteiger partial charge on any atom is 0.257 e. The maximum atomic E-state index is 12.4. The first-order valence-corrected chi connectivity index (χ1v) is 8.10. The van der Waals surface area contributed by atoms with E-state index < -0.39 is 0 Å². The first-order chi connectivity index (χ1) is 11.3. The van der Waals surface area contributed by atoms with Crippen LogP contribution < -0.4 is 10.1 Å². The van der Waals surface area contributed by atoms with Crippen LogP contribution in [0.4, 0.5) is 0 Å². The van der Waals surface area contributed by atoms with Crippen LogP contribution in [0.25, 0.3) is 10.6 Å². The van der Waals surface area contributed by atoms with Crippen LogP contribution in [-0.4, -0.2) is 24.2 Å². The number of hydrogen-bond donors (Lipinski definition) is 1. The Balaban J connectivity index is 1.60. The van der Waals surface area contributed by atoms with Crippen molar-refractivity contribution in [3.8, 4) is 16.4 Å². The van der Waals surface area contributed by atoms with Gasteiger partial charge >= 0.3 is 0 Å². The van der Waals surface area contributed by atoms with Crippen molar-refractivity contribution in [3.05, 3.63) is 59.1 Å². The van der Waals surface area contributed by atoms with Gasteiger partial charge in [-0.15, -0.1) is 11.3 Å². The molecule has 0 aliphatic rings. The van der Waals surface area contributed by atoms with Gasteiger partial charge in [-0.2, -0.15) is 0 Å². The molecular weight excluding hydrogens is 312 g/mol. The third-order valence-electron chi connectivity index (χ3n) is 3.23. The smallest absolute Gasteiger partial charge is 0.257 e. The molecule has 6 heteroatoms. The van der Waals surface area contributed by atoms with Crippen LogP contribution in [0.3, 0.4) is 0 Å². The van der Waals surface area contributed by atoms with Crippen molar-refractivity contribution in [1.29, 1.82) is 0 Å². The number of para-hydroxylation sites is 1. The fourth-order valence-electron chi connectivity index (χ4n) is 2.15. The first-order valence-electron chi connectivity index (χ1n) is 7.22. The SMILES string of the molecule is Cc1noc(-c2cccs2)c1C(=O)NCCOc1ccccc1. The summed E-state index contributed by atoms with van der Waals surface area (Å²) in [6.07, 6.45) is 0. The van der Waals surface area contributed by atoms with Gasteiger partial charge in [-0.05, 0) is 30.5 Å². The average molecular weight is 328 g/mol. The first kappa shape index (κ1) is 15.3. The molecule has 0 saturated carbocycles. The molecule has 5 nitrogen and oxygen atoms in total. The number of aryl methyl sites for hydroxylation is 1. The Hall–Kier alpha value is -2.60. The second kappa shape index (κ2) is 7.11. The largest absolute Gasteiger partial charge is 0.492 e. The summed E-state index contributed by atoms with van der Waals surface area (Å²) in [7, 11) is 0. The highest BCUT2D eigenvalue weighted by atomic mass is 32.1. The van der Waals surface area contributed by atoms with Crippen molar-refractivity contribution in [3.63, 3.8) is 0 Å². The lowest BCUT2D eigenvalue weighted by atomic mass is 10.1. The Morgan fingerprint density at radius 1 is 1.26 bits per heavy atom. The van der Waals surface area contributed by atoms with E-state index >= 15 is 0 Å². The monoisotopic (exact) mass is 328 g/mol. The summed E-state index contributed by atoms with van der Waals surface area (Å²) in [5.74, 6) is 1.09. The molecule has 0 radical (unpaired) electrons. The molecule has 2 heterocycles. The van der Waals surface area contributed by atoms with Crippen molar-refractivity contribution in [1.82, 2.24) is 10.5 Å². The lowest BCUT2D eigenvalue weighted by Gasteiger charge is -2.07. The van der Waals surface area contributed by atoms with E-state index in [0.717, 1.165) is 10.6 Å². The molecule has 0 atom stereocenters. The zero-order valence-electron chi connectivity index (χ0n) is 12.6. The van der Waals surface area contributed by atoms with Crippen molar-refractivity contribution < 1.29 is 14.1 Å². The predicted molar refractivity (Wildman–Crippen MR) is 88.8 cm³/mol. The van der Waals surface area contributed by atoms with Gasteiger partial charge in [0.1, 0.15) is 17.9 Å². The molecule has 118 valence electrons. The summed E-state index contributed by atoms with van der Waals surface area (Å²) in [6.45, 7) is 2.56. The fraction of sp³-hybridized carbons (Fsp3) is 0.176. The molecule has 0 bridgehead atoms. The topological polar surface area (TPSA) is 64.4 Å². The van der Waals surface area contributed by atoms with E-state index in [2.05, 4.69) is 10.5 Å². The van der Waals surface area contributed by atoms with Crippen LogP contribution in [0.5, 0.6) is 5.75 Å². The highest BCUT2D eigenvalue weighted by Gasteiger charge is 2.22. The van der Waals surface area contributed by atoms with Crippen molar-refractivity contribution in [2.24, 2.45) is 0 Å². The minimum Gasteiger partial charge on any atom is -0.492 e. The lowest BCUT2D eigenvalue weighted by Crippen LogP contribution is -2.28. The molecule has 0 aliphatic heterocycles. The second-order valence-corrected chi connectivity index (χ2v) is 5.81. The molecule has 0 aliphatic carbocycles. The van der Waals surface area contributed by atoms with Crippen LogP contribution in [0.1, 0.15) is 16.1 Å². The quantitative estimate of drug-likeness (QED) is 0.703. The summed E-state index contributed by atoms with van der Waals surface area (Å²) in [5, 5.41) is 8.68. The summed E-state index contributed by atoms with van der Waals surface area (Å²) in [6, 6.07) is 13.3. The van der Waals surface area contributed by atoms with Gasteiger partial charge in [-0.1, -0.05) is 29.4 Å². The van der Waals surface area contributed by atoms with Gasteiger partial charge in [-0.25, -0.2) is 0 Å². The van der Waals surface area contributed by atoms with E-state index in [9.17, 15) is 4.79 Å². The zero-order chi connectivity index (χ0) is 16.1. The standard InChI is InChI=1S/C17H16N2O3S/c1-12-15(16(22-19-12)14-8-5-11-23-14)17(20)18-9-10-21-13-6-3-2-4-7-13/h2-8,11H,9-10H2,1H3,(H,18,20). The molecule has 3 rings (SSSR count). The Morgan fingerprint density at radius 3 is 2.83 bits per heavy atom. The number of carbonyl (C=O) groups is 1. The molecule has 0 spiro atoms. The Kier molecular flexibility index (Phi) is 4.73. The summed E-state index contributed by atoms with van der Waals surface area (Å²) < 4.78 is 10.9. The highest BCUT2D eigenvalue weighted by Crippen LogP contribution is 2.29. The van der Waals surface area contributed by atoms with Gasteiger partial charge in [0.15, 0.2) is 5.76 Å². The average Bonchev–Trinajstić information content (AvgIpc) is 3.21. The molecule has 0 unspecified atom stereocenters. The number of thiophene rings is 1. The van der Waals surface area contributed by atoms with Gasteiger partial charge < -0.3 is 14.6 Å². The molecule has 1 N–H and O–H groups in total. The van der Waals surface area contributed by atoms with Gasteiger partial charge in [0.25, 0.3) is 5.91 Å². The molecule has 0 saturated heterocycles. The number of nitrogens with one attached hydrogen (secondary N) is 1. The number of amides is 1. The van der Waals surface area contributed by atoms with E-state index in [1.807, 2.05) is 47.8 Å². The Labute approximate surface area is 137 Å². The molecular formula is C17H16N2O3S. The minimum atomic E-state index is -0.205. The molecule has 1 amide bonds. The van der Waals surface area contributed by atoms with Crippen LogP contribution in [0, 0.1) is 6.92 Å². The van der Waals surface area contributed by atoms with E-state index in [-0.39, 0.29) is 5.91 Å². The second-order valence-electron chi connectivity index (χ2n) is 4.87. The number of nitrogens with zero attached hydrogens (tertiary/aromatic N) is 1. The Bertz CT molecular complexity index is 767. The molecule has 1 aromatic carbocycles. The van der Waals surface area contributed by atoms with Crippen LogP contribution >= 0.6 is 11.3 Å². The van der Waals surface area contributed by atoms with Gasteiger partial charge in [0.2, 0.25) is 0 Å². The molecule has 2 aromatic heterocycles. The number of hydrogen-bond acceptors (Lipinski definition) is 5. The van der Waals surface area contributed by atoms with E-state index in [0.29, 0.717) is 30.2 Å². The summed E-state index contributed by atoms with van der Waals surface area (Å²) >= 11 is 1.51. The summed E-state index contributed by atoms with van der Waals surface area (Å²) in [4.78, 5) is 13.3. The maximum absolute atomic E-state index is 12.4. The van der Waals surface area contributed by atoms with E-state index in [1.54, 1.807) is 6.92 Å². The number of rotatable bonds is 6. The van der Waals surface area contributed by atoms with Crippen LogP contribution in [0.2, 0.25) is 0 Å². The van der Waals surface area contributed by atoms with Crippen molar-refractivity contribution in [2.75, 3.05) is 13.2 Å². The van der Waals surface area contributed by atoms with Gasteiger partial charge in [0, 0.05) is 0 Å². The Morgan fingerprint density at radius 2 is 2.09 bits per heavy atom. The van der Waals surface area contributed by atoms with Crippen molar-refractivity contribution in [2.45, 2.75) is 6.92 Å². The van der Waals surface area contributed by atoms with Gasteiger partial charge in [0.05, 0.1) is 17.1 Å². The van der Waals surface area contributed by atoms with Crippen LogP contribution in [0.15, 0.2) is 52.4 Å². The number of benzene rings is 1. The van der Waals surface area contributed by atoms with Crippen LogP contribution in [-0.2, 0) is 0 Å². The summed E-state index contributed by atoms with van der Waals surface area (Å²) in [5.41, 5.74) is 1.06. The third kappa shape index (κ3) is 3.60. The number of ether oxygens (including phenoxy) is 1. The molecule has 3 aromatic rings.